The molecule has 1 saturated carbocycles. The lowest BCUT2D eigenvalue weighted by Crippen LogP contribution is -2.26. The summed E-state index contributed by atoms with van der Waals surface area (Å²) in [6.07, 6.45) is 3.09. The molecule has 1 N–H and O–H groups in total. The minimum absolute atomic E-state index is 0.0379. The van der Waals surface area contributed by atoms with Gasteiger partial charge in [0.2, 0.25) is 15.9 Å². The van der Waals surface area contributed by atoms with Crippen molar-refractivity contribution in [1.29, 1.82) is 0 Å². The van der Waals surface area contributed by atoms with Crippen LogP contribution >= 0.6 is 11.6 Å². The number of amides is 1. The molecular weight excluding hydrogens is 300 g/mol. The van der Waals surface area contributed by atoms with Crippen molar-refractivity contribution < 1.29 is 13.2 Å². The van der Waals surface area contributed by atoms with Crippen molar-refractivity contribution in [2.45, 2.75) is 36.6 Å². The number of nitrogens with zero attached hydrogens (tertiary/aromatic N) is 1. The third-order valence-corrected chi connectivity index (χ3v) is 5.49. The quantitative estimate of drug-likeness (QED) is 0.923. The van der Waals surface area contributed by atoms with Gasteiger partial charge in [-0.2, -0.15) is 0 Å². The summed E-state index contributed by atoms with van der Waals surface area (Å²) < 4.78 is 26.8. The van der Waals surface area contributed by atoms with E-state index in [-0.39, 0.29) is 21.9 Å². The normalized spacial score (nSPS) is 19.6. The lowest BCUT2D eigenvalue weighted by Gasteiger charge is -2.17. The predicted octanol–water partition coefficient (Wildman–Crippen LogP) is 1.91. The number of sulfonamides is 1. The van der Waals surface area contributed by atoms with Gasteiger partial charge in [0.05, 0.1) is 5.02 Å². The Morgan fingerprint density at radius 2 is 2.05 bits per heavy atom. The summed E-state index contributed by atoms with van der Waals surface area (Å²) in [6, 6.07) is 4.69. The molecule has 1 aliphatic heterocycles. The van der Waals surface area contributed by atoms with Crippen LogP contribution in [0.25, 0.3) is 0 Å². The Balaban J connectivity index is 1.89. The number of nitrogens with one attached hydrogen (secondary N) is 1. The molecule has 1 aromatic rings. The number of carbonyl (C=O) groups excluding carboxylic acids is 1. The van der Waals surface area contributed by atoms with Crippen LogP contribution in [0.1, 0.15) is 25.7 Å². The van der Waals surface area contributed by atoms with Crippen molar-refractivity contribution in [2.24, 2.45) is 0 Å². The van der Waals surface area contributed by atoms with Gasteiger partial charge in [0, 0.05) is 24.7 Å². The van der Waals surface area contributed by atoms with Crippen LogP contribution in [-0.2, 0) is 14.8 Å². The zero-order chi connectivity index (χ0) is 14.3. The molecule has 0 bridgehead atoms. The average Bonchev–Trinajstić information content (AvgIpc) is 3.06. The van der Waals surface area contributed by atoms with Gasteiger partial charge >= 0.3 is 0 Å². The molecule has 1 saturated heterocycles. The first-order valence-corrected chi connectivity index (χ1v) is 8.46. The maximum atomic E-state index is 12.1. The highest BCUT2D eigenvalue weighted by atomic mass is 35.5. The summed E-state index contributed by atoms with van der Waals surface area (Å²) in [5, 5.41) is 0.148. The summed E-state index contributed by atoms with van der Waals surface area (Å²) in [5.74, 6) is 0.0489. The number of carbonyl (C=O) groups is 1. The van der Waals surface area contributed by atoms with Crippen LogP contribution in [0, 0.1) is 0 Å². The van der Waals surface area contributed by atoms with Crippen LogP contribution in [0.2, 0.25) is 5.02 Å². The molecule has 108 valence electrons. The molecule has 7 heteroatoms. The van der Waals surface area contributed by atoms with Crippen molar-refractivity contribution in [3.63, 3.8) is 0 Å². The zero-order valence-corrected chi connectivity index (χ0v) is 12.4. The van der Waals surface area contributed by atoms with Gasteiger partial charge in [0.15, 0.2) is 0 Å². The lowest BCUT2D eigenvalue weighted by atomic mass is 10.3. The Morgan fingerprint density at radius 3 is 2.60 bits per heavy atom. The van der Waals surface area contributed by atoms with Gasteiger partial charge < -0.3 is 4.90 Å². The maximum absolute atomic E-state index is 12.1. The van der Waals surface area contributed by atoms with Crippen molar-refractivity contribution >= 4 is 33.2 Å². The Morgan fingerprint density at radius 1 is 1.30 bits per heavy atom. The molecule has 0 unspecified atom stereocenters. The Hall–Kier alpha value is -1.11. The molecule has 20 heavy (non-hydrogen) atoms. The SMILES string of the molecule is O=C1CCCN1c1ccc(S(=O)(=O)NC2CC2)c(Cl)c1. The number of anilines is 1. The third-order valence-electron chi connectivity index (χ3n) is 3.49. The fourth-order valence-corrected chi connectivity index (χ4v) is 4.12. The van der Waals surface area contributed by atoms with E-state index in [1.165, 1.54) is 6.07 Å². The first kappa shape index (κ1) is 13.9. The van der Waals surface area contributed by atoms with Gasteiger partial charge in [-0.1, -0.05) is 11.6 Å². The van der Waals surface area contributed by atoms with Gasteiger partial charge in [-0.3, -0.25) is 4.79 Å². The fraction of sp³-hybridized carbons (Fsp3) is 0.462. The molecule has 3 rings (SSSR count). The second-order valence-corrected chi connectivity index (χ2v) is 7.25. The van der Waals surface area contributed by atoms with Crippen molar-refractivity contribution in [1.82, 2.24) is 4.72 Å². The highest BCUT2D eigenvalue weighted by Gasteiger charge is 2.30. The zero-order valence-electron chi connectivity index (χ0n) is 10.8. The first-order valence-electron chi connectivity index (χ1n) is 6.59. The Bertz CT molecular complexity index is 656. The van der Waals surface area contributed by atoms with E-state index in [1.54, 1.807) is 17.0 Å². The Labute approximate surface area is 123 Å². The fourth-order valence-electron chi connectivity index (χ4n) is 2.28. The van der Waals surface area contributed by atoms with Crippen LogP contribution < -0.4 is 9.62 Å². The summed E-state index contributed by atoms with van der Waals surface area (Å²) >= 11 is 6.09. The summed E-state index contributed by atoms with van der Waals surface area (Å²) in [5.41, 5.74) is 0.655. The number of benzene rings is 1. The summed E-state index contributed by atoms with van der Waals surface area (Å²) in [6.45, 7) is 0.654. The molecule has 1 aromatic carbocycles. The molecule has 0 radical (unpaired) electrons. The molecule has 0 spiro atoms. The molecule has 2 aliphatic rings. The van der Waals surface area contributed by atoms with E-state index in [0.29, 0.717) is 18.7 Å². The van der Waals surface area contributed by atoms with E-state index in [2.05, 4.69) is 4.72 Å². The molecule has 0 atom stereocenters. The standard InChI is InChI=1S/C13H15ClN2O3S/c14-11-8-10(16-7-1-2-13(16)17)5-6-12(11)20(18,19)15-9-3-4-9/h5-6,8-9,15H,1-4,7H2. The smallest absolute Gasteiger partial charge is 0.242 e. The minimum atomic E-state index is -3.57. The molecule has 1 heterocycles. The number of rotatable bonds is 4. The third kappa shape index (κ3) is 2.68. The molecule has 0 aromatic heterocycles. The van der Waals surface area contributed by atoms with E-state index >= 15 is 0 Å². The largest absolute Gasteiger partial charge is 0.312 e. The van der Waals surface area contributed by atoms with Crippen molar-refractivity contribution in [2.75, 3.05) is 11.4 Å². The van der Waals surface area contributed by atoms with Crippen LogP contribution in [0.15, 0.2) is 23.1 Å². The monoisotopic (exact) mass is 314 g/mol. The summed E-state index contributed by atoms with van der Waals surface area (Å²) in [4.78, 5) is 13.4. The van der Waals surface area contributed by atoms with Gasteiger partial charge in [-0.25, -0.2) is 13.1 Å². The number of hydrogen-bond acceptors (Lipinski definition) is 3. The van der Waals surface area contributed by atoms with E-state index in [9.17, 15) is 13.2 Å². The molecule has 2 fully saturated rings. The van der Waals surface area contributed by atoms with E-state index in [1.807, 2.05) is 0 Å². The second kappa shape index (κ2) is 5.02. The predicted molar refractivity (Wildman–Crippen MR) is 76.4 cm³/mol. The van der Waals surface area contributed by atoms with E-state index in [0.717, 1.165) is 19.3 Å². The van der Waals surface area contributed by atoms with Crippen LogP contribution in [0.4, 0.5) is 5.69 Å². The topological polar surface area (TPSA) is 66.5 Å². The highest BCUT2D eigenvalue weighted by molar-refractivity contribution is 7.89. The van der Waals surface area contributed by atoms with Gasteiger partial charge in [-0.15, -0.1) is 0 Å². The Kier molecular flexibility index (Phi) is 3.48. The highest BCUT2D eigenvalue weighted by Crippen LogP contribution is 2.30. The molecule has 1 aliphatic carbocycles. The van der Waals surface area contributed by atoms with Crippen LogP contribution in [-0.4, -0.2) is 26.9 Å². The molecule has 5 nitrogen and oxygen atoms in total. The second-order valence-electron chi connectivity index (χ2n) is 5.16. The lowest BCUT2D eigenvalue weighted by molar-refractivity contribution is -0.117. The van der Waals surface area contributed by atoms with E-state index in [4.69, 9.17) is 11.6 Å². The summed E-state index contributed by atoms with van der Waals surface area (Å²) in [7, 11) is -3.57. The van der Waals surface area contributed by atoms with Gasteiger partial charge in [0.1, 0.15) is 4.90 Å². The molecule has 1 amide bonds. The van der Waals surface area contributed by atoms with Crippen LogP contribution in [0.5, 0.6) is 0 Å². The average molecular weight is 315 g/mol. The minimum Gasteiger partial charge on any atom is -0.312 e. The number of hydrogen-bond donors (Lipinski definition) is 1. The first-order chi connectivity index (χ1) is 9.47. The van der Waals surface area contributed by atoms with Gasteiger partial charge in [-0.05, 0) is 37.5 Å². The molecular formula is C13H15ClN2O3S. The van der Waals surface area contributed by atoms with Crippen molar-refractivity contribution in [3.8, 4) is 0 Å². The van der Waals surface area contributed by atoms with Crippen molar-refractivity contribution in [3.05, 3.63) is 23.2 Å². The number of halogens is 1. The van der Waals surface area contributed by atoms with Crippen LogP contribution in [0.3, 0.4) is 0 Å². The maximum Gasteiger partial charge on any atom is 0.242 e. The van der Waals surface area contributed by atoms with E-state index < -0.39 is 10.0 Å². The van der Waals surface area contributed by atoms with Gasteiger partial charge in [0.25, 0.3) is 0 Å².